The lowest BCUT2D eigenvalue weighted by Crippen LogP contribution is -1.92. The minimum Gasteiger partial charge on any atom is -0.333 e. The Morgan fingerprint density at radius 2 is 2.00 bits per heavy atom. The van der Waals surface area contributed by atoms with Gasteiger partial charge in [-0.25, -0.2) is 4.98 Å². The number of rotatable bonds is 1. The minimum absolute atomic E-state index is 0.873. The fourth-order valence-electron chi connectivity index (χ4n) is 1.50. The molecule has 3 heteroatoms. The Hall–Kier alpha value is -1.09. The molecule has 1 heterocycles. The monoisotopic (exact) mass is 250 g/mol. The number of nitrogens with zero attached hydrogens (tertiary/aromatic N) is 2. The molecule has 0 saturated carbocycles. The Kier molecular flexibility index (Phi) is 2.42. The van der Waals surface area contributed by atoms with E-state index in [1.54, 1.807) is 0 Å². The highest BCUT2D eigenvalue weighted by Gasteiger charge is 2.07. The summed E-state index contributed by atoms with van der Waals surface area (Å²) in [4.78, 5) is 4.42. The first-order chi connectivity index (χ1) is 6.68. The molecule has 0 atom stereocenters. The van der Waals surface area contributed by atoms with Crippen LogP contribution in [0, 0.1) is 6.92 Å². The van der Waals surface area contributed by atoms with Crippen LogP contribution in [0.15, 0.2) is 35.1 Å². The van der Waals surface area contributed by atoms with Crippen molar-refractivity contribution in [2.24, 2.45) is 7.05 Å². The van der Waals surface area contributed by atoms with Gasteiger partial charge in [-0.15, -0.1) is 0 Å². The molecule has 0 aliphatic rings. The van der Waals surface area contributed by atoms with Crippen molar-refractivity contribution in [3.8, 4) is 11.4 Å². The molecular weight excluding hydrogens is 240 g/mol. The fraction of sp³-hybridized carbons (Fsp3) is 0.182. The Balaban J connectivity index is 2.60. The summed E-state index contributed by atoms with van der Waals surface area (Å²) in [5.74, 6) is 0.995. The van der Waals surface area contributed by atoms with Crippen LogP contribution in [-0.4, -0.2) is 9.55 Å². The molecule has 0 spiro atoms. The Morgan fingerprint density at radius 3 is 2.57 bits per heavy atom. The van der Waals surface area contributed by atoms with Gasteiger partial charge in [0, 0.05) is 18.8 Å². The zero-order chi connectivity index (χ0) is 10.1. The molecule has 2 nitrogen and oxygen atoms in total. The van der Waals surface area contributed by atoms with Crippen LogP contribution in [0.2, 0.25) is 0 Å². The predicted molar refractivity (Wildman–Crippen MR) is 61.1 cm³/mol. The Bertz CT molecular complexity index is 460. The Morgan fingerprint density at radius 1 is 1.29 bits per heavy atom. The van der Waals surface area contributed by atoms with E-state index in [0.717, 1.165) is 10.4 Å². The van der Waals surface area contributed by atoms with Crippen molar-refractivity contribution in [3.05, 3.63) is 40.6 Å². The number of aryl methyl sites for hydroxylation is 2. The predicted octanol–water partition coefficient (Wildman–Crippen LogP) is 3.16. The van der Waals surface area contributed by atoms with Crippen molar-refractivity contribution >= 4 is 15.9 Å². The highest BCUT2D eigenvalue weighted by molar-refractivity contribution is 9.10. The molecule has 0 fully saturated rings. The van der Waals surface area contributed by atoms with Crippen LogP contribution in [0.25, 0.3) is 11.4 Å². The first kappa shape index (κ1) is 9.46. The lowest BCUT2D eigenvalue weighted by Gasteiger charge is -2.04. The van der Waals surface area contributed by atoms with Gasteiger partial charge in [0.05, 0.1) is 0 Å². The molecule has 0 bridgehead atoms. The standard InChI is InChI=1S/C11H11BrN2/c1-8-5-3-4-6-9(8)11-13-10(12)7-14(11)2/h3-7H,1-2H3. The van der Waals surface area contributed by atoms with Crippen molar-refractivity contribution in [3.63, 3.8) is 0 Å². The zero-order valence-corrected chi connectivity index (χ0v) is 9.75. The number of hydrogen-bond donors (Lipinski definition) is 0. The first-order valence-corrected chi connectivity index (χ1v) is 5.22. The fourth-order valence-corrected chi connectivity index (χ4v) is 1.98. The third-order valence-corrected chi connectivity index (χ3v) is 2.62. The molecule has 2 rings (SSSR count). The summed E-state index contributed by atoms with van der Waals surface area (Å²) in [7, 11) is 2.00. The second-order valence-corrected chi connectivity index (χ2v) is 4.13. The van der Waals surface area contributed by atoms with E-state index in [-0.39, 0.29) is 0 Å². The average Bonchev–Trinajstić information content (AvgIpc) is 2.46. The zero-order valence-electron chi connectivity index (χ0n) is 8.16. The van der Waals surface area contributed by atoms with E-state index in [0.29, 0.717) is 0 Å². The second-order valence-electron chi connectivity index (χ2n) is 3.31. The minimum atomic E-state index is 0.873. The maximum absolute atomic E-state index is 4.42. The topological polar surface area (TPSA) is 17.8 Å². The quantitative estimate of drug-likeness (QED) is 0.761. The number of aromatic nitrogens is 2. The average molecular weight is 251 g/mol. The molecule has 0 saturated heterocycles. The van der Waals surface area contributed by atoms with E-state index in [1.807, 2.05) is 29.9 Å². The molecule has 0 amide bonds. The number of benzene rings is 1. The molecule has 1 aromatic heterocycles. The van der Waals surface area contributed by atoms with Gasteiger partial charge in [-0.1, -0.05) is 24.3 Å². The smallest absolute Gasteiger partial charge is 0.141 e. The summed E-state index contributed by atoms with van der Waals surface area (Å²) >= 11 is 3.37. The number of halogens is 1. The van der Waals surface area contributed by atoms with E-state index in [9.17, 15) is 0 Å². The van der Waals surface area contributed by atoms with Gasteiger partial charge in [0.1, 0.15) is 10.4 Å². The molecule has 72 valence electrons. The van der Waals surface area contributed by atoms with Crippen molar-refractivity contribution in [2.75, 3.05) is 0 Å². The molecule has 0 aliphatic heterocycles. The molecule has 0 unspecified atom stereocenters. The van der Waals surface area contributed by atoms with Gasteiger partial charge in [0.25, 0.3) is 0 Å². The lowest BCUT2D eigenvalue weighted by atomic mass is 10.1. The summed E-state index contributed by atoms with van der Waals surface area (Å²) in [6.45, 7) is 2.10. The maximum Gasteiger partial charge on any atom is 0.141 e. The van der Waals surface area contributed by atoms with Crippen LogP contribution in [-0.2, 0) is 7.05 Å². The van der Waals surface area contributed by atoms with Crippen LogP contribution < -0.4 is 0 Å². The van der Waals surface area contributed by atoms with Crippen molar-refractivity contribution in [2.45, 2.75) is 6.92 Å². The van der Waals surface area contributed by atoms with Gasteiger partial charge in [-0.3, -0.25) is 0 Å². The molecule has 1 aromatic carbocycles. The van der Waals surface area contributed by atoms with Crippen LogP contribution in [0.5, 0.6) is 0 Å². The van der Waals surface area contributed by atoms with Crippen LogP contribution in [0.4, 0.5) is 0 Å². The van der Waals surface area contributed by atoms with Gasteiger partial charge >= 0.3 is 0 Å². The van der Waals surface area contributed by atoms with E-state index >= 15 is 0 Å². The van der Waals surface area contributed by atoms with Gasteiger partial charge in [-0.05, 0) is 28.4 Å². The largest absolute Gasteiger partial charge is 0.333 e. The Labute approximate surface area is 91.7 Å². The van der Waals surface area contributed by atoms with Gasteiger partial charge in [0.15, 0.2) is 0 Å². The normalized spacial score (nSPS) is 10.5. The van der Waals surface area contributed by atoms with Gasteiger partial charge in [0.2, 0.25) is 0 Å². The maximum atomic E-state index is 4.42. The molecule has 0 radical (unpaired) electrons. The van der Waals surface area contributed by atoms with Gasteiger partial charge in [-0.2, -0.15) is 0 Å². The molecule has 0 N–H and O–H groups in total. The summed E-state index contributed by atoms with van der Waals surface area (Å²) in [5.41, 5.74) is 2.43. The van der Waals surface area contributed by atoms with E-state index in [1.165, 1.54) is 11.1 Å². The third kappa shape index (κ3) is 1.60. The lowest BCUT2D eigenvalue weighted by molar-refractivity contribution is 0.923. The molecule has 0 aliphatic carbocycles. The second kappa shape index (κ2) is 3.58. The number of imidazole rings is 1. The summed E-state index contributed by atoms with van der Waals surface area (Å²) < 4.78 is 2.89. The third-order valence-electron chi connectivity index (χ3n) is 2.23. The van der Waals surface area contributed by atoms with Crippen molar-refractivity contribution < 1.29 is 0 Å². The highest BCUT2D eigenvalue weighted by Crippen LogP contribution is 2.23. The van der Waals surface area contributed by atoms with Crippen LogP contribution in [0.3, 0.4) is 0 Å². The van der Waals surface area contributed by atoms with Crippen LogP contribution >= 0.6 is 15.9 Å². The molecular formula is C11H11BrN2. The molecule has 14 heavy (non-hydrogen) atoms. The van der Waals surface area contributed by atoms with E-state index < -0.39 is 0 Å². The van der Waals surface area contributed by atoms with E-state index in [4.69, 9.17) is 0 Å². The highest BCUT2D eigenvalue weighted by atomic mass is 79.9. The van der Waals surface area contributed by atoms with Gasteiger partial charge < -0.3 is 4.57 Å². The summed E-state index contributed by atoms with van der Waals surface area (Å²) in [6.07, 6.45) is 1.96. The summed E-state index contributed by atoms with van der Waals surface area (Å²) in [5, 5.41) is 0. The van der Waals surface area contributed by atoms with E-state index in [2.05, 4.69) is 40.0 Å². The molecule has 2 aromatic rings. The van der Waals surface area contributed by atoms with Crippen molar-refractivity contribution in [1.29, 1.82) is 0 Å². The van der Waals surface area contributed by atoms with Crippen LogP contribution in [0.1, 0.15) is 5.56 Å². The number of hydrogen-bond acceptors (Lipinski definition) is 1. The SMILES string of the molecule is Cc1ccccc1-c1nc(Br)cn1C. The first-order valence-electron chi connectivity index (χ1n) is 4.43. The van der Waals surface area contributed by atoms with Crippen molar-refractivity contribution in [1.82, 2.24) is 9.55 Å². The summed E-state index contributed by atoms with van der Waals surface area (Å²) in [6, 6.07) is 8.25.